The van der Waals surface area contributed by atoms with Crippen molar-refractivity contribution in [2.45, 2.75) is 32.6 Å². The molecule has 3 nitrogen and oxygen atoms in total. The molecule has 3 rings (SSSR count). The monoisotopic (exact) mass is 259 g/mol. The number of carbonyl (C=O) groups excluding carboxylic acids is 1. The van der Waals surface area contributed by atoms with Gasteiger partial charge in [0.2, 0.25) is 0 Å². The number of phenolic OH excluding ortho intramolecular Hbond substituents is 1. The number of hydrogen-bond acceptors (Lipinski definition) is 2. The van der Waals surface area contributed by atoms with E-state index < -0.39 is 0 Å². The molecule has 0 heterocycles. The average Bonchev–Trinajstić information content (AvgIpc) is 3.01. The number of phenols is 1. The third kappa shape index (κ3) is 2.34. The molecule has 2 aliphatic carbocycles. The number of rotatable bonds is 3. The molecular weight excluding hydrogens is 238 g/mol. The summed E-state index contributed by atoms with van der Waals surface area (Å²) in [5, 5.41) is 12.9. The first-order valence-electron chi connectivity index (χ1n) is 7.22. The average molecular weight is 259 g/mol. The molecule has 0 radical (unpaired) electrons. The Morgan fingerprint density at radius 3 is 2.89 bits per heavy atom. The zero-order chi connectivity index (χ0) is 13.4. The molecule has 2 saturated carbocycles. The van der Waals surface area contributed by atoms with Crippen molar-refractivity contribution in [1.29, 1.82) is 0 Å². The van der Waals surface area contributed by atoms with Crippen LogP contribution in [0.1, 0.15) is 41.6 Å². The molecule has 1 aromatic carbocycles. The largest absolute Gasteiger partial charge is 0.507 e. The van der Waals surface area contributed by atoms with Gasteiger partial charge < -0.3 is 10.4 Å². The van der Waals surface area contributed by atoms with Gasteiger partial charge in [-0.05, 0) is 55.6 Å². The summed E-state index contributed by atoms with van der Waals surface area (Å²) in [4.78, 5) is 12.1. The minimum absolute atomic E-state index is 0.105. The quantitative estimate of drug-likeness (QED) is 0.877. The smallest absolute Gasteiger partial charge is 0.255 e. The molecule has 3 atom stereocenters. The number of para-hydroxylation sites is 1. The Hall–Kier alpha value is -1.51. The minimum atomic E-state index is -0.149. The number of fused-ring (bicyclic) bond motifs is 2. The van der Waals surface area contributed by atoms with Crippen molar-refractivity contribution in [1.82, 2.24) is 5.32 Å². The van der Waals surface area contributed by atoms with E-state index in [1.54, 1.807) is 6.07 Å². The van der Waals surface area contributed by atoms with E-state index >= 15 is 0 Å². The summed E-state index contributed by atoms with van der Waals surface area (Å²) in [6.45, 7) is 2.56. The maximum Gasteiger partial charge on any atom is 0.255 e. The number of hydrogen-bond donors (Lipinski definition) is 2. The molecule has 0 saturated heterocycles. The molecule has 2 N–H and O–H groups in total. The topological polar surface area (TPSA) is 49.3 Å². The van der Waals surface area contributed by atoms with Crippen LogP contribution in [0.2, 0.25) is 0 Å². The first-order valence-corrected chi connectivity index (χ1v) is 7.22. The molecular formula is C16H21NO2. The Morgan fingerprint density at radius 1 is 1.37 bits per heavy atom. The Bertz CT molecular complexity index is 498. The third-order valence-corrected chi connectivity index (χ3v) is 4.89. The Morgan fingerprint density at radius 2 is 2.21 bits per heavy atom. The summed E-state index contributed by atoms with van der Waals surface area (Å²) < 4.78 is 0. The minimum Gasteiger partial charge on any atom is -0.507 e. The lowest BCUT2D eigenvalue weighted by atomic mass is 9.89. The van der Waals surface area contributed by atoms with Crippen molar-refractivity contribution in [3.63, 3.8) is 0 Å². The molecule has 2 bridgehead atoms. The normalized spacial score (nSPS) is 28.6. The standard InChI is InChI=1S/C16H21NO2/c1-10-3-2-4-14(15(10)18)16(19)17-9-13-8-11-5-6-12(13)7-11/h2-4,11-13,18H,5-9H2,1H3,(H,17,19). The summed E-state index contributed by atoms with van der Waals surface area (Å²) in [6, 6.07) is 5.29. The lowest BCUT2D eigenvalue weighted by Crippen LogP contribution is -2.31. The highest BCUT2D eigenvalue weighted by Crippen LogP contribution is 2.47. The number of amides is 1. The third-order valence-electron chi connectivity index (χ3n) is 4.89. The highest BCUT2D eigenvalue weighted by atomic mass is 16.3. The number of aryl methyl sites for hydroxylation is 1. The van der Waals surface area contributed by atoms with Gasteiger partial charge in [0.25, 0.3) is 5.91 Å². The van der Waals surface area contributed by atoms with Gasteiger partial charge in [0.15, 0.2) is 0 Å². The van der Waals surface area contributed by atoms with Crippen molar-refractivity contribution in [2.24, 2.45) is 17.8 Å². The van der Waals surface area contributed by atoms with Gasteiger partial charge in [-0.15, -0.1) is 0 Å². The molecule has 102 valence electrons. The predicted octanol–water partition coefficient (Wildman–Crippen LogP) is 2.87. The van der Waals surface area contributed by atoms with Crippen LogP contribution >= 0.6 is 0 Å². The number of aromatic hydroxyl groups is 1. The first kappa shape index (κ1) is 12.5. The van der Waals surface area contributed by atoms with Gasteiger partial charge in [-0.1, -0.05) is 18.6 Å². The molecule has 2 fully saturated rings. The zero-order valence-corrected chi connectivity index (χ0v) is 11.4. The number of carbonyl (C=O) groups is 1. The van der Waals surface area contributed by atoms with Crippen LogP contribution in [0, 0.1) is 24.7 Å². The van der Waals surface area contributed by atoms with Gasteiger partial charge in [-0.3, -0.25) is 4.79 Å². The Labute approximate surface area is 114 Å². The van der Waals surface area contributed by atoms with E-state index in [-0.39, 0.29) is 11.7 Å². The maximum absolute atomic E-state index is 12.1. The van der Waals surface area contributed by atoms with Crippen LogP contribution in [0.15, 0.2) is 18.2 Å². The summed E-state index contributed by atoms with van der Waals surface area (Å²) >= 11 is 0. The highest BCUT2D eigenvalue weighted by molar-refractivity contribution is 5.97. The fourth-order valence-corrected chi connectivity index (χ4v) is 3.79. The summed E-state index contributed by atoms with van der Waals surface area (Å²) in [6.07, 6.45) is 5.34. The highest BCUT2D eigenvalue weighted by Gasteiger charge is 2.39. The molecule has 1 aromatic rings. The Balaban J connectivity index is 1.61. The predicted molar refractivity (Wildman–Crippen MR) is 74.1 cm³/mol. The second-order valence-corrected chi connectivity index (χ2v) is 6.12. The van der Waals surface area contributed by atoms with E-state index in [4.69, 9.17) is 0 Å². The van der Waals surface area contributed by atoms with E-state index in [0.717, 1.165) is 23.9 Å². The molecule has 19 heavy (non-hydrogen) atoms. The lowest BCUT2D eigenvalue weighted by Gasteiger charge is -2.22. The number of nitrogens with one attached hydrogen (secondary N) is 1. The van der Waals surface area contributed by atoms with Gasteiger partial charge in [-0.25, -0.2) is 0 Å². The molecule has 3 heteroatoms. The molecule has 0 aliphatic heterocycles. The van der Waals surface area contributed by atoms with Crippen LogP contribution in [0.4, 0.5) is 0 Å². The fraction of sp³-hybridized carbons (Fsp3) is 0.562. The van der Waals surface area contributed by atoms with Crippen LogP contribution in [-0.2, 0) is 0 Å². The van der Waals surface area contributed by atoms with Gasteiger partial charge in [0, 0.05) is 6.54 Å². The summed E-state index contributed by atoms with van der Waals surface area (Å²) in [5.41, 5.74) is 1.13. The molecule has 0 spiro atoms. The van der Waals surface area contributed by atoms with Crippen LogP contribution in [-0.4, -0.2) is 17.6 Å². The van der Waals surface area contributed by atoms with Crippen molar-refractivity contribution >= 4 is 5.91 Å². The van der Waals surface area contributed by atoms with Crippen LogP contribution in [0.3, 0.4) is 0 Å². The van der Waals surface area contributed by atoms with E-state index in [9.17, 15) is 9.90 Å². The molecule has 3 unspecified atom stereocenters. The van der Waals surface area contributed by atoms with Crippen LogP contribution < -0.4 is 5.32 Å². The van der Waals surface area contributed by atoms with E-state index in [1.807, 2.05) is 19.1 Å². The molecule has 2 aliphatic rings. The number of benzene rings is 1. The van der Waals surface area contributed by atoms with Crippen molar-refractivity contribution in [3.8, 4) is 5.75 Å². The first-order chi connectivity index (χ1) is 9.15. The van der Waals surface area contributed by atoms with Gasteiger partial charge in [0.1, 0.15) is 5.75 Å². The van der Waals surface area contributed by atoms with Gasteiger partial charge in [-0.2, -0.15) is 0 Å². The zero-order valence-electron chi connectivity index (χ0n) is 11.4. The van der Waals surface area contributed by atoms with Crippen molar-refractivity contribution in [2.75, 3.05) is 6.54 Å². The lowest BCUT2D eigenvalue weighted by molar-refractivity contribution is 0.0939. The van der Waals surface area contributed by atoms with E-state index in [0.29, 0.717) is 11.5 Å². The van der Waals surface area contributed by atoms with E-state index in [1.165, 1.54) is 25.7 Å². The second-order valence-electron chi connectivity index (χ2n) is 6.12. The fourth-order valence-electron chi connectivity index (χ4n) is 3.79. The van der Waals surface area contributed by atoms with Crippen molar-refractivity contribution in [3.05, 3.63) is 29.3 Å². The van der Waals surface area contributed by atoms with Gasteiger partial charge in [0.05, 0.1) is 5.56 Å². The van der Waals surface area contributed by atoms with Gasteiger partial charge >= 0.3 is 0 Å². The summed E-state index contributed by atoms with van der Waals surface area (Å²) in [5.74, 6) is 2.32. The van der Waals surface area contributed by atoms with Crippen LogP contribution in [0.5, 0.6) is 5.75 Å². The van der Waals surface area contributed by atoms with Crippen molar-refractivity contribution < 1.29 is 9.90 Å². The SMILES string of the molecule is Cc1cccc(C(=O)NCC2CC3CCC2C3)c1O. The Kier molecular flexibility index (Phi) is 3.21. The molecule has 1 amide bonds. The van der Waals surface area contributed by atoms with Crippen LogP contribution in [0.25, 0.3) is 0 Å². The molecule has 0 aromatic heterocycles. The summed E-state index contributed by atoms with van der Waals surface area (Å²) in [7, 11) is 0. The van der Waals surface area contributed by atoms with E-state index in [2.05, 4.69) is 5.32 Å². The second kappa shape index (κ2) is 4.87. The maximum atomic E-state index is 12.1.